The highest BCUT2D eigenvalue weighted by atomic mass is 16.5. The van der Waals surface area contributed by atoms with Crippen LogP contribution in [-0.4, -0.2) is 30.1 Å². The van der Waals surface area contributed by atoms with E-state index < -0.39 is 6.09 Å². The first-order valence-corrected chi connectivity index (χ1v) is 4.51. The maximum atomic E-state index is 11.4. The zero-order valence-corrected chi connectivity index (χ0v) is 8.47. The molecule has 0 aliphatic carbocycles. The number of hydrogen-bond donors (Lipinski definition) is 3. The van der Waals surface area contributed by atoms with E-state index in [1.165, 1.54) is 12.3 Å². The molecule has 0 aliphatic heterocycles. The van der Waals surface area contributed by atoms with Gasteiger partial charge in [0.1, 0.15) is 12.3 Å². The van der Waals surface area contributed by atoms with Gasteiger partial charge >= 0.3 is 6.09 Å². The third-order valence-corrected chi connectivity index (χ3v) is 1.65. The fourth-order valence-electron chi connectivity index (χ4n) is 0.978. The van der Waals surface area contributed by atoms with Crippen molar-refractivity contribution in [2.24, 2.45) is 5.73 Å². The van der Waals surface area contributed by atoms with Crippen LogP contribution in [0.15, 0.2) is 18.3 Å². The van der Waals surface area contributed by atoms with Gasteiger partial charge in [0.15, 0.2) is 0 Å². The lowest BCUT2D eigenvalue weighted by Gasteiger charge is -2.04. The van der Waals surface area contributed by atoms with E-state index in [1.54, 1.807) is 6.07 Å². The van der Waals surface area contributed by atoms with Crippen molar-refractivity contribution in [3.8, 4) is 0 Å². The van der Waals surface area contributed by atoms with Gasteiger partial charge in [0, 0.05) is 11.9 Å². The summed E-state index contributed by atoms with van der Waals surface area (Å²) in [6, 6.07) is 3.03. The molecule has 16 heavy (non-hydrogen) atoms. The number of rotatable bonds is 4. The summed E-state index contributed by atoms with van der Waals surface area (Å²) in [7, 11) is 0. The van der Waals surface area contributed by atoms with Gasteiger partial charge in [-0.1, -0.05) is 0 Å². The van der Waals surface area contributed by atoms with Crippen molar-refractivity contribution in [3.05, 3.63) is 24.0 Å². The number of primary amides is 1. The molecular formula is C9H12N4O3. The normalized spacial score (nSPS) is 9.50. The lowest BCUT2D eigenvalue weighted by Crippen LogP contribution is -2.29. The first-order valence-electron chi connectivity index (χ1n) is 4.51. The van der Waals surface area contributed by atoms with Crippen LogP contribution >= 0.6 is 0 Å². The molecule has 0 bridgehead atoms. The largest absolute Gasteiger partial charge is 0.448 e. The molecule has 0 saturated carbocycles. The molecule has 0 aliphatic rings. The fraction of sp³-hybridized carbons (Fsp3) is 0.222. The lowest BCUT2D eigenvalue weighted by molar-refractivity contribution is 0.0932. The van der Waals surface area contributed by atoms with Crippen LogP contribution in [0.25, 0.3) is 0 Å². The van der Waals surface area contributed by atoms with Gasteiger partial charge in [-0.3, -0.25) is 9.78 Å². The van der Waals surface area contributed by atoms with E-state index in [2.05, 4.69) is 15.0 Å². The number of nitrogens with one attached hydrogen (secondary N) is 1. The van der Waals surface area contributed by atoms with Crippen molar-refractivity contribution in [1.29, 1.82) is 0 Å². The van der Waals surface area contributed by atoms with E-state index in [0.717, 1.165) is 0 Å². The summed E-state index contributed by atoms with van der Waals surface area (Å²) in [4.78, 5) is 25.5. The van der Waals surface area contributed by atoms with Crippen molar-refractivity contribution in [1.82, 2.24) is 10.3 Å². The Morgan fingerprint density at radius 2 is 2.25 bits per heavy atom. The van der Waals surface area contributed by atoms with Gasteiger partial charge < -0.3 is 21.5 Å². The van der Waals surface area contributed by atoms with Gasteiger partial charge in [0.2, 0.25) is 0 Å². The second-order valence-electron chi connectivity index (χ2n) is 2.90. The van der Waals surface area contributed by atoms with Crippen LogP contribution in [0.1, 0.15) is 10.5 Å². The SMILES string of the molecule is NC(=O)OCCNC(=O)c1cc(N)ccn1. The molecule has 0 fully saturated rings. The second-order valence-corrected chi connectivity index (χ2v) is 2.90. The number of nitrogens with two attached hydrogens (primary N) is 2. The smallest absolute Gasteiger partial charge is 0.404 e. The summed E-state index contributed by atoms with van der Waals surface area (Å²) in [6.07, 6.45) is 0.556. The van der Waals surface area contributed by atoms with Crippen LogP contribution in [0.4, 0.5) is 10.5 Å². The summed E-state index contributed by atoms with van der Waals surface area (Å²) in [6.45, 7) is 0.182. The molecule has 0 aromatic carbocycles. The molecule has 0 radical (unpaired) electrons. The number of carbonyl (C=O) groups excluding carboxylic acids is 2. The number of hydrogen-bond acceptors (Lipinski definition) is 5. The minimum atomic E-state index is -0.878. The van der Waals surface area contributed by atoms with Crippen LogP contribution in [0.2, 0.25) is 0 Å². The lowest BCUT2D eigenvalue weighted by atomic mass is 10.3. The van der Waals surface area contributed by atoms with Gasteiger partial charge in [0.25, 0.3) is 5.91 Å². The third kappa shape index (κ3) is 3.82. The Bertz CT molecular complexity index is 394. The molecule has 0 saturated heterocycles. The number of carbonyl (C=O) groups is 2. The molecule has 1 aromatic heterocycles. The zero-order chi connectivity index (χ0) is 12.0. The average molecular weight is 224 g/mol. The Hall–Kier alpha value is -2.31. The average Bonchev–Trinajstić information content (AvgIpc) is 2.24. The summed E-state index contributed by atoms with van der Waals surface area (Å²) in [5, 5.41) is 2.49. The molecule has 1 rings (SSSR count). The highest BCUT2D eigenvalue weighted by Gasteiger charge is 2.06. The van der Waals surface area contributed by atoms with Gasteiger partial charge in [-0.25, -0.2) is 4.79 Å². The molecule has 1 heterocycles. The van der Waals surface area contributed by atoms with E-state index in [9.17, 15) is 9.59 Å². The van der Waals surface area contributed by atoms with Crippen LogP contribution in [0.3, 0.4) is 0 Å². The summed E-state index contributed by atoms with van der Waals surface area (Å²) < 4.78 is 4.43. The van der Waals surface area contributed by atoms with Crippen molar-refractivity contribution in [2.75, 3.05) is 18.9 Å². The summed E-state index contributed by atoms with van der Waals surface area (Å²) in [5.74, 6) is -0.389. The van der Waals surface area contributed by atoms with Crippen molar-refractivity contribution < 1.29 is 14.3 Å². The maximum absolute atomic E-state index is 11.4. The van der Waals surface area contributed by atoms with Gasteiger partial charge in [-0.05, 0) is 12.1 Å². The van der Waals surface area contributed by atoms with E-state index in [-0.39, 0.29) is 24.8 Å². The van der Waals surface area contributed by atoms with Crippen LogP contribution in [0, 0.1) is 0 Å². The minimum absolute atomic E-state index is 0.0173. The zero-order valence-electron chi connectivity index (χ0n) is 8.47. The number of anilines is 1. The number of aromatic nitrogens is 1. The second kappa shape index (κ2) is 5.54. The summed E-state index contributed by atoms with van der Waals surface area (Å²) in [5.41, 5.74) is 10.9. The molecule has 0 unspecified atom stereocenters. The Balaban J connectivity index is 2.38. The van der Waals surface area contributed by atoms with Crippen molar-refractivity contribution in [3.63, 3.8) is 0 Å². The Morgan fingerprint density at radius 3 is 2.88 bits per heavy atom. The molecule has 2 amide bonds. The number of nitrogen functional groups attached to an aromatic ring is 1. The standard InChI is InChI=1S/C9H12N4O3/c10-6-1-2-12-7(5-6)8(14)13-3-4-16-9(11)15/h1-2,5H,3-4H2,(H2,10,12)(H2,11,15)(H,13,14). The quantitative estimate of drug-likeness (QED) is 0.595. The molecular weight excluding hydrogens is 212 g/mol. The monoisotopic (exact) mass is 224 g/mol. The Morgan fingerprint density at radius 1 is 1.50 bits per heavy atom. The van der Waals surface area contributed by atoms with E-state index in [0.29, 0.717) is 5.69 Å². The first-order chi connectivity index (χ1) is 7.59. The third-order valence-electron chi connectivity index (χ3n) is 1.65. The highest BCUT2D eigenvalue weighted by Crippen LogP contribution is 2.02. The Kier molecular flexibility index (Phi) is 4.07. The van der Waals surface area contributed by atoms with Crippen LogP contribution in [0.5, 0.6) is 0 Å². The van der Waals surface area contributed by atoms with Crippen molar-refractivity contribution in [2.45, 2.75) is 0 Å². The molecule has 0 spiro atoms. The van der Waals surface area contributed by atoms with Gasteiger partial charge in [-0.2, -0.15) is 0 Å². The Labute approximate surface area is 91.8 Å². The number of nitrogens with zero attached hydrogens (tertiary/aromatic N) is 1. The topological polar surface area (TPSA) is 120 Å². The molecule has 86 valence electrons. The van der Waals surface area contributed by atoms with E-state index >= 15 is 0 Å². The fourth-order valence-corrected chi connectivity index (χ4v) is 0.978. The van der Waals surface area contributed by atoms with Gasteiger partial charge in [-0.15, -0.1) is 0 Å². The minimum Gasteiger partial charge on any atom is -0.448 e. The summed E-state index contributed by atoms with van der Waals surface area (Å²) >= 11 is 0. The predicted molar refractivity (Wildman–Crippen MR) is 56.5 cm³/mol. The number of ether oxygens (including phenoxy) is 1. The van der Waals surface area contributed by atoms with Gasteiger partial charge in [0.05, 0.1) is 6.54 Å². The maximum Gasteiger partial charge on any atom is 0.404 e. The molecule has 0 atom stereocenters. The number of amides is 2. The molecule has 7 nitrogen and oxygen atoms in total. The van der Waals surface area contributed by atoms with Crippen LogP contribution in [-0.2, 0) is 4.74 Å². The predicted octanol–water partition coefficient (Wildman–Crippen LogP) is -0.511. The number of pyridine rings is 1. The van der Waals surface area contributed by atoms with Crippen molar-refractivity contribution >= 4 is 17.7 Å². The molecule has 5 N–H and O–H groups in total. The van der Waals surface area contributed by atoms with E-state index in [4.69, 9.17) is 11.5 Å². The van der Waals surface area contributed by atoms with E-state index in [1.807, 2.05) is 0 Å². The highest BCUT2D eigenvalue weighted by molar-refractivity contribution is 5.92. The first kappa shape index (κ1) is 11.8. The van der Waals surface area contributed by atoms with Crippen LogP contribution < -0.4 is 16.8 Å². The molecule has 7 heteroatoms. The molecule has 1 aromatic rings.